The number of hydrogen-bond donors (Lipinski definition) is 2. The van der Waals surface area contributed by atoms with Gasteiger partial charge in [-0.15, -0.1) is 0 Å². The van der Waals surface area contributed by atoms with Crippen LogP contribution in [0.25, 0.3) is 0 Å². The quantitative estimate of drug-likeness (QED) is 0.502. The van der Waals surface area contributed by atoms with Gasteiger partial charge in [0.2, 0.25) is 5.91 Å². The van der Waals surface area contributed by atoms with E-state index in [-0.39, 0.29) is 24.3 Å². The standard InChI is InChI=1S/C27H31N3O5/c1-17-10-11-18(2)21(15-17)30(24(31)16-28-26(32)23-9-6-14-34-23)25(22-13-12-19(3)35-22)27(33)29-20-7-4-5-8-20/h6,9-15,20,25H,4-5,7-8,16H2,1-3H3,(H,28,32)(H,29,33)/t25-/m0/s1. The highest BCUT2D eigenvalue weighted by Crippen LogP contribution is 2.33. The molecule has 0 bridgehead atoms. The molecule has 0 spiro atoms. The molecule has 3 amide bonds. The predicted molar refractivity (Wildman–Crippen MR) is 131 cm³/mol. The fourth-order valence-electron chi connectivity index (χ4n) is 4.46. The minimum absolute atomic E-state index is 0.0651. The first-order valence-electron chi connectivity index (χ1n) is 11.9. The van der Waals surface area contributed by atoms with Crippen molar-refractivity contribution in [1.29, 1.82) is 0 Å². The van der Waals surface area contributed by atoms with Crippen LogP contribution in [0.1, 0.15) is 64.9 Å². The molecule has 184 valence electrons. The largest absolute Gasteiger partial charge is 0.464 e. The Morgan fingerprint density at radius 3 is 2.49 bits per heavy atom. The van der Waals surface area contributed by atoms with Crippen LogP contribution in [0.5, 0.6) is 0 Å². The molecule has 35 heavy (non-hydrogen) atoms. The summed E-state index contributed by atoms with van der Waals surface area (Å²) in [6.07, 6.45) is 5.34. The van der Waals surface area contributed by atoms with Gasteiger partial charge in [0.15, 0.2) is 11.8 Å². The summed E-state index contributed by atoms with van der Waals surface area (Å²) in [5.74, 6) is -0.154. The van der Waals surface area contributed by atoms with Crippen LogP contribution in [0.15, 0.2) is 57.6 Å². The van der Waals surface area contributed by atoms with E-state index in [0.29, 0.717) is 17.2 Å². The van der Waals surface area contributed by atoms with Gasteiger partial charge >= 0.3 is 0 Å². The normalized spacial score (nSPS) is 14.5. The van der Waals surface area contributed by atoms with Crippen LogP contribution in [0.4, 0.5) is 5.69 Å². The molecule has 2 aromatic heterocycles. The second kappa shape index (κ2) is 10.6. The number of anilines is 1. The number of aryl methyl sites for hydroxylation is 3. The lowest BCUT2D eigenvalue weighted by Gasteiger charge is -2.32. The zero-order valence-electron chi connectivity index (χ0n) is 20.3. The molecule has 0 aliphatic heterocycles. The van der Waals surface area contributed by atoms with Gasteiger partial charge in [-0.1, -0.05) is 25.0 Å². The molecule has 8 nitrogen and oxygen atoms in total. The SMILES string of the molecule is Cc1ccc(C)c(N(C(=O)CNC(=O)c2ccco2)[C@H](C(=O)NC2CCCC2)c2ccc(C)o2)c1. The lowest BCUT2D eigenvalue weighted by molar-refractivity contribution is -0.127. The fraction of sp³-hybridized carbons (Fsp3) is 0.370. The Hall–Kier alpha value is -3.81. The highest BCUT2D eigenvalue weighted by Gasteiger charge is 2.37. The van der Waals surface area contributed by atoms with Crippen molar-refractivity contribution in [2.75, 3.05) is 11.4 Å². The summed E-state index contributed by atoms with van der Waals surface area (Å²) in [6.45, 7) is 5.29. The summed E-state index contributed by atoms with van der Waals surface area (Å²) in [5, 5.41) is 5.72. The van der Waals surface area contributed by atoms with E-state index in [4.69, 9.17) is 8.83 Å². The van der Waals surface area contributed by atoms with Crippen LogP contribution in [-0.4, -0.2) is 30.3 Å². The number of hydrogen-bond acceptors (Lipinski definition) is 5. The molecular weight excluding hydrogens is 446 g/mol. The van der Waals surface area contributed by atoms with E-state index in [1.54, 1.807) is 25.1 Å². The first-order valence-corrected chi connectivity index (χ1v) is 11.9. The maximum Gasteiger partial charge on any atom is 0.287 e. The Bertz CT molecular complexity index is 1190. The third-order valence-electron chi connectivity index (χ3n) is 6.28. The molecule has 0 unspecified atom stereocenters. The van der Waals surface area contributed by atoms with Crippen molar-refractivity contribution >= 4 is 23.4 Å². The summed E-state index contributed by atoms with van der Waals surface area (Å²) in [5.41, 5.74) is 2.35. The molecule has 1 aliphatic carbocycles. The number of nitrogens with one attached hydrogen (secondary N) is 2. The van der Waals surface area contributed by atoms with E-state index in [1.165, 1.54) is 17.2 Å². The number of carbonyl (C=O) groups excluding carboxylic acids is 3. The molecule has 1 fully saturated rings. The van der Waals surface area contributed by atoms with Crippen LogP contribution < -0.4 is 15.5 Å². The van der Waals surface area contributed by atoms with Gasteiger partial charge in [-0.25, -0.2) is 0 Å². The Balaban J connectivity index is 1.70. The smallest absolute Gasteiger partial charge is 0.287 e. The predicted octanol–water partition coefficient (Wildman–Crippen LogP) is 4.36. The topological polar surface area (TPSA) is 105 Å². The highest BCUT2D eigenvalue weighted by atomic mass is 16.3. The summed E-state index contributed by atoms with van der Waals surface area (Å²) < 4.78 is 11.0. The van der Waals surface area contributed by atoms with E-state index < -0.39 is 17.9 Å². The Morgan fingerprint density at radius 2 is 1.83 bits per heavy atom. The molecule has 2 heterocycles. The number of rotatable bonds is 8. The fourth-order valence-corrected chi connectivity index (χ4v) is 4.46. The van der Waals surface area contributed by atoms with E-state index in [9.17, 15) is 14.4 Å². The van der Waals surface area contributed by atoms with Gasteiger partial charge in [-0.05, 0) is 75.1 Å². The van der Waals surface area contributed by atoms with Gasteiger partial charge in [0.05, 0.1) is 12.8 Å². The van der Waals surface area contributed by atoms with Crippen LogP contribution in [0.2, 0.25) is 0 Å². The van der Waals surface area contributed by atoms with Crippen molar-refractivity contribution in [3.05, 3.63) is 77.1 Å². The van der Waals surface area contributed by atoms with Crippen LogP contribution >= 0.6 is 0 Å². The number of benzene rings is 1. The zero-order chi connectivity index (χ0) is 24.9. The van der Waals surface area contributed by atoms with Crippen LogP contribution in [0, 0.1) is 20.8 Å². The highest BCUT2D eigenvalue weighted by molar-refractivity contribution is 6.04. The van der Waals surface area contributed by atoms with Crippen LogP contribution in [-0.2, 0) is 9.59 Å². The van der Waals surface area contributed by atoms with Crippen LogP contribution in [0.3, 0.4) is 0 Å². The average Bonchev–Trinajstić information content (AvgIpc) is 3.61. The molecule has 0 radical (unpaired) electrons. The van der Waals surface area contributed by atoms with E-state index in [0.717, 1.165) is 36.8 Å². The van der Waals surface area contributed by atoms with Crippen molar-refractivity contribution in [3.8, 4) is 0 Å². The third kappa shape index (κ3) is 5.65. The first-order chi connectivity index (χ1) is 16.8. The molecule has 8 heteroatoms. The van der Waals surface area contributed by atoms with Gasteiger partial charge in [-0.3, -0.25) is 19.3 Å². The van der Waals surface area contributed by atoms with Gasteiger partial charge in [-0.2, -0.15) is 0 Å². The average molecular weight is 478 g/mol. The molecule has 2 N–H and O–H groups in total. The third-order valence-corrected chi connectivity index (χ3v) is 6.28. The second-order valence-electron chi connectivity index (χ2n) is 9.05. The molecule has 1 saturated carbocycles. The zero-order valence-corrected chi connectivity index (χ0v) is 20.3. The lowest BCUT2D eigenvalue weighted by atomic mass is 10.0. The van der Waals surface area contributed by atoms with E-state index >= 15 is 0 Å². The summed E-state index contributed by atoms with van der Waals surface area (Å²) in [6, 6.07) is 11.4. The Kier molecular flexibility index (Phi) is 7.39. The van der Waals surface area contributed by atoms with Crippen molar-refractivity contribution in [2.24, 2.45) is 0 Å². The lowest BCUT2D eigenvalue weighted by Crippen LogP contribution is -2.49. The maximum absolute atomic E-state index is 13.7. The monoisotopic (exact) mass is 477 g/mol. The number of furan rings is 2. The van der Waals surface area contributed by atoms with Gasteiger partial charge in [0.1, 0.15) is 11.5 Å². The molecular formula is C27H31N3O5. The number of carbonyl (C=O) groups is 3. The second-order valence-corrected chi connectivity index (χ2v) is 9.05. The number of nitrogens with zero attached hydrogens (tertiary/aromatic N) is 1. The molecule has 4 rings (SSSR count). The Morgan fingerprint density at radius 1 is 1.06 bits per heavy atom. The van der Waals surface area contributed by atoms with Crippen molar-refractivity contribution in [1.82, 2.24) is 10.6 Å². The molecule has 0 saturated heterocycles. The minimum Gasteiger partial charge on any atom is -0.464 e. The minimum atomic E-state index is -1.03. The summed E-state index contributed by atoms with van der Waals surface area (Å²) in [7, 11) is 0. The van der Waals surface area contributed by atoms with Gasteiger partial charge < -0.3 is 19.5 Å². The molecule has 1 aromatic carbocycles. The number of amides is 3. The molecule has 3 aromatic rings. The molecule has 1 aliphatic rings. The van der Waals surface area contributed by atoms with Crippen molar-refractivity contribution in [2.45, 2.75) is 58.5 Å². The van der Waals surface area contributed by atoms with E-state index in [1.807, 2.05) is 32.0 Å². The maximum atomic E-state index is 13.7. The summed E-state index contributed by atoms with van der Waals surface area (Å²) >= 11 is 0. The van der Waals surface area contributed by atoms with Crippen molar-refractivity contribution in [3.63, 3.8) is 0 Å². The molecule has 1 atom stereocenters. The van der Waals surface area contributed by atoms with E-state index in [2.05, 4.69) is 10.6 Å². The Labute approximate surface area is 204 Å². The summed E-state index contributed by atoms with van der Waals surface area (Å²) in [4.78, 5) is 41.2. The van der Waals surface area contributed by atoms with Gasteiger partial charge in [0, 0.05) is 11.7 Å². The first kappa shape index (κ1) is 24.3. The van der Waals surface area contributed by atoms with Crippen molar-refractivity contribution < 1.29 is 23.2 Å². The van der Waals surface area contributed by atoms with Gasteiger partial charge in [0.25, 0.3) is 11.8 Å².